The summed E-state index contributed by atoms with van der Waals surface area (Å²) in [5.74, 6) is -0.322. The van der Waals surface area contributed by atoms with E-state index < -0.39 is 0 Å². The summed E-state index contributed by atoms with van der Waals surface area (Å²) in [5.41, 5.74) is -0.0269. The topological polar surface area (TPSA) is 39.7 Å². The highest BCUT2D eigenvalue weighted by Crippen LogP contribution is 2.42. The van der Waals surface area contributed by atoms with Crippen molar-refractivity contribution in [2.24, 2.45) is 0 Å². The lowest BCUT2D eigenvalue weighted by atomic mass is 9.80. The molecule has 2 saturated heterocycles. The second-order valence-corrected chi connectivity index (χ2v) is 4.85. The van der Waals surface area contributed by atoms with Crippen LogP contribution < -0.4 is 5.32 Å². The molecule has 2 spiro atoms. The van der Waals surface area contributed by atoms with Crippen LogP contribution in [0.5, 0.6) is 0 Å². The Balaban J connectivity index is 1.74. The fourth-order valence-corrected chi connectivity index (χ4v) is 3.07. The third-order valence-corrected chi connectivity index (χ3v) is 3.73. The van der Waals surface area contributed by atoms with Gasteiger partial charge in [0.2, 0.25) is 0 Å². The van der Waals surface area contributed by atoms with E-state index in [-0.39, 0.29) is 11.4 Å². The zero-order chi connectivity index (χ0) is 10.2. The zero-order valence-corrected chi connectivity index (χ0v) is 9.09. The number of nitrogens with one attached hydrogen (secondary N) is 1. The molecule has 0 radical (unpaired) electrons. The minimum Gasteiger partial charge on any atom is -0.372 e. The second-order valence-electron chi connectivity index (χ2n) is 4.85. The van der Waals surface area contributed by atoms with E-state index in [4.69, 9.17) is 14.2 Å². The molecule has 2 aliphatic heterocycles. The number of hydrogen-bond donors (Lipinski definition) is 1. The Hall–Kier alpha value is -0.160. The highest BCUT2D eigenvalue weighted by Gasteiger charge is 2.49. The van der Waals surface area contributed by atoms with Gasteiger partial charge in [0.05, 0.1) is 25.4 Å². The van der Waals surface area contributed by atoms with Crippen LogP contribution in [0.1, 0.15) is 25.7 Å². The third kappa shape index (κ3) is 1.80. The first-order chi connectivity index (χ1) is 7.33. The maximum absolute atomic E-state index is 5.97. The number of morpholine rings is 1. The minimum atomic E-state index is -0.322. The van der Waals surface area contributed by atoms with Gasteiger partial charge in [-0.2, -0.15) is 0 Å². The van der Waals surface area contributed by atoms with Crippen molar-refractivity contribution in [1.82, 2.24) is 5.32 Å². The normalized spacial score (nSPS) is 40.0. The van der Waals surface area contributed by atoms with Gasteiger partial charge in [0, 0.05) is 25.9 Å². The Labute approximate surface area is 90.3 Å². The van der Waals surface area contributed by atoms with Gasteiger partial charge in [0.1, 0.15) is 0 Å². The summed E-state index contributed by atoms with van der Waals surface area (Å²) < 4.78 is 17.5. The SMILES string of the molecule is C1CC2(CNCCO2)CC2(C1)OCCO2. The molecule has 3 aliphatic rings. The molecule has 0 aromatic rings. The van der Waals surface area contributed by atoms with Crippen molar-refractivity contribution in [3.63, 3.8) is 0 Å². The van der Waals surface area contributed by atoms with Gasteiger partial charge in [-0.1, -0.05) is 0 Å². The lowest BCUT2D eigenvalue weighted by Crippen LogP contribution is -2.56. The predicted molar refractivity (Wildman–Crippen MR) is 54.7 cm³/mol. The van der Waals surface area contributed by atoms with Crippen molar-refractivity contribution in [3.8, 4) is 0 Å². The number of hydrogen-bond acceptors (Lipinski definition) is 4. The molecule has 3 rings (SSSR count). The fourth-order valence-electron chi connectivity index (χ4n) is 3.07. The first-order valence-corrected chi connectivity index (χ1v) is 5.95. The predicted octanol–water partition coefficient (Wildman–Crippen LogP) is 0.662. The molecule has 0 amide bonds. The Morgan fingerprint density at radius 3 is 2.53 bits per heavy atom. The van der Waals surface area contributed by atoms with Crippen molar-refractivity contribution >= 4 is 0 Å². The summed E-state index contributed by atoms with van der Waals surface area (Å²) in [6, 6.07) is 0. The van der Waals surface area contributed by atoms with Crippen LogP contribution in [0, 0.1) is 0 Å². The molecule has 4 heteroatoms. The summed E-state index contributed by atoms with van der Waals surface area (Å²) in [5, 5.41) is 3.42. The highest BCUT2D eigenvalue weighted by molar-refractivity contribution is 4.97. The molecule has 86 valence electrons. The molecule has 1 N–H and O–H groups in total. The van der Waals surface area contributed by atoms with Gasteiger partial charge in [-0.3, -0.25) is 0 Å². The van der Waals surface area contributed by atoms with Crippen LogP contribution in [0.25, 0.3) is 0 Å². The number of ether oxygens (including phenoxy) is 3. The molecule has 1 saturated carbocycles. The van der Waals surface area contributed by atoms with Crippen LogP contribution in [0.2, 0.25) is 0 Å². The van der Waals surface area contributed by atoms with Gasteiger partial charge in [0.15, 0.2) is 5.79 Å². The van der Waals surface area contributed by atoms with E-state index in [1.165, 1.54) is 0 Å². The zero-order valence-electron chi connectivity index (χ0n) is 9.09. The molecule has 3 fully saturated rings. The molecule has 1 unspecified atom stereocenters. The summed E-state index contributed by atoms with van der Waals surface area (Å²) in [6.45, 7) is 4.21. The van der Waals surface area contributed by atoms with Gasteiger partial charge in [-0.05, 0) is 12.8 Å². The molecular weight excluding hydrogens is 194 g/mol. The third-order valence-electron chi connectivity index (χ3n) is 3.73. The molecule has 1 atom stereocenters. The Morgan fingerprint density at radius 1 is 0.933 bits per heavy atom. The van der Waals surface area contributed by atoms with Crippen molar-refractivity contribution < 1.29 is 14.2 Å². The highest BCUT2D eigenvalue weighted by atomic mass is 16.7. The molecule has 2 heterocycles. The van der Waals surface area contributed by atoms with Gasteiger partial charge >= 0.3 is 0 Å². The molecule has 0 aromatic carbocycles. The standard InChI is InChI=1S/C11H19NO3/c1-2-10(9-12-4-5-13-10)8-11(3-1)14-6-7-15-11/h12H,1-9H2. The van der Waals surface area contributed by atoms with E-state index in [0.29, 0.717) is 0 Å². The lowest BCUT2D eigenvalue weighted by molar-refractivity contribution is -0.232. The van der Waals surface area contributed by atoms with Gasteiger partial charge in [-0.15, -0.1) is 0 Å². The quantitative estimate of drug-likeness (QED) is 0.642. The largest absolute Gasteiger partial charge is 0.372 e. The van der Waals surface area contributed by atoms with E-state index in [2.05, 4.69) is 5.32 Å². The van der Waals surface area contributed by atoms with Crippen LogP contribution in [-0.2, 0) is 14.2 Å². The molecule has 4 nitrogen and oxygen atoms in total. The van der Waals surface area contributed by atoms with Crippen molar-refractivity contribution in [2.45, 2.75) is 37.1 Å². The van der Waals surface area contributed by atoms with E-state index in [0.717, 1.165) is 58.6 Å². The van der Waals surface area contributed by atoms with Crippen LogP contribution in [0.3, 0.4) is 0 Å². The van der Waals surface area contributed by atoms with Crippen LogP contribution in [0.4, 0.5) is 0 Å². The van der Waals surface area contributed by atoms with E-state index in [9.17, 15) is 0 Å². The second kappa shape index (κ2) is 3.70. The molecule has 1 aliphatic carbocycles. The smallest absolute Gasteiger partial charge is 0.171 e. The van der Waals surface area contributed by atoms with Crippen molar-refractivity contribution in [3.05, 3.63) is 0 Å². The summed E-state index contributed by atoms with van der Waals surface area (Å²) >= 11 is 0. The maximum Gasteiger partial charge on any atom is 0.171 e. The molecule has 0 bridgehead atoms. The Kier molecular flexibility index (Phi) is 2.47. The van der Waals surface area contributed by atoms with Gasteiger partial charge in [0.25, 0.3) is 0 Å². The number of rotatable bonds is 0. The maximum atomic E-state index is 5.97. The minimum absolute atomic E-state index is 0.0269. The van der Waals surface area contributed by atoms with Crippen LogP contribution in [-0.4, -0.2) is 44.3 Å². The fraction of sp³-hybridized carbons (Fsp3) is 1.00. The Bertz CT molecular complexity index is 226. The van der Waals surface area contributed by atoms with Crippen molar-refractivity contribution in [2.75, 3.05) is 32.9 Å². The molecule has 15 heavy (non-hydrogen) atoms. The van der Waals surface area contributed by atoms with E-state index >= 15 is 0 Å². The molecular formula is C11H19NO3. The average molecular weight is 213 g/mol. The Morgan fingerprint density at radius 2 is 1.80 bits per heavy atom. The summed E-state index contributed by atoms with van der Waals surface area (Å²) in [6.07, 6.45) is 4.20. The summed E-state index contributed by atoms with van der Waals surface area (Å²) in [7, 11) is 0. The van der Waals surface area contributed by atoms with Crippen LogP contribution >= 0.6 is 0 Å². The monoisotopic (exact) mass is 213 g/mol. The first-order valence-electron chi connectivity index (χ1n) is 5.95. The van der Waals surface area contributed by atoms with Gasteiger partial charge in [-0.25, -0.2) is 0 Å². The van der Waals surface area contributed by atoms with Gasteiger partial charge < -0.3 is 19.5 Å². The van der Waals surface area contributed by atoms with E-state index in [1.807, 2.05) is 0 Å². The van der Waals surface area contributed by atoms with Crippen molar-refractivity contribution in [1.29, 1.82) is 0 Å². The lowest BCUT2D eigenvalue weighted by Gasteiger charge is -2.46. The van der Waals surface area contributed by atoms with Crippen LogP contribution in [0.15, 0.2) is 0 Å². The van der Waals surface area contributed by atoms with E-state index in [1.54, 1.807) is 0 Å². The molecule has 0 aromatic heterocycles. The first kappa shape index (κ1) is 10.0. The average Bonchev–Trinajstić information content (AvgIpc) is 2.67. The summed E-state index contributed by atoms with van der Waals surface area (Å²) in [4.78, 5) is 0.